The number of nitriles is 2. The van der Waals surface area contributed by atoms with Gasteiger partial charge in [0.2, 0.25) is 0 Å². The highest BCUT2D eigenvalue weighted by atomic mass is 16.2. The van der Waals surface area contributed by atoms with Gasteiger partial charge in [-0.25, -0.2) is 19.7 Å². The first-order valence-electron chi connectivity index (χ1n) is 17.8. The molecule has 2 aliphatic heterocycles. The van der Waals surface area contributed by atoms with Gasteiger partial charge in [-0.1, -0.05) is 19.8 Å². The van der Waals surface area contributed by atoms with Crippen molar-refractivity contribution >= 4 is 33.7 Å². The number of aromatic amines is 1. The molecule has 2 atom stereocenters. The highest BCUT2D eigenvalue weighted by Crippen LogP contribution is 2.37. The predicted molar refractivity (Wildman–Crippen MR) is 192 cm³/mol. The fourth-order valence-electron chi connectivity index (χ4n) is 8.13. The van der Waals surface area contributed by atoms with E-state index in [0.29, 0.717) is 23.7 Å². The van der Waals surface area contributed by atoms with Crippen molar-refractivity contribution in [3.63, 3.8) is 0 Å². The number of pyridine rings is 3. The zero-order valence-electron chi connectivity index (χ0n) is 28.5. The van der Waals surface area contributed by atoms with E-state index in [2.05, 4.69) is 64.4 Å². The summed E-state index contributed by atoms with van der Waals surface area (Å²) in [6, 6.07) is 11.9. The van der Waals surface area contributed by atoms with Crippen molar-refractivity contribution in [3.05, 3.63) is 76.2 Å². The van der Waals surface area contributed by atoms with Crippen molar-refractivity contribution in [2.24, 2.45) is 5.92 Å². The Balaban J connectivity index is 1.07. The molecule has 0 radical (unpaired) electrons. The second-order valence-corrected chi connectivity index (χ2v) is 14.0. The second-order valence-electron chi connectivity index (χ2n) is 14.0. The van der Waals surface area contributed by atoms with Gasteiger partial charge in [0.15, 0.2) is 0 Å². The molecule has 0 spiro atoms. The molecule has 5 aromatic heterocycles. The summed E-state index contributed by atoms with van der Waals surface area (Å²) >= 11 is 0. The van der Waals surface area contributed by atoms with Crippen LogP contribution in [0.1, 0.15) is 55.3 Å². The van der Waals surface area contributed by atoms with E-state index >= 15 is 0 Å². The summed E-state index contributed by atoms with van der Waals surface area (Å²) in [6.07, 6.45) is 11.7. The van der Waals surface area contributed by atoms with Gasteiger partial charge in [-0.05, 0) is 48.6 Å². The molecule has 256 valence electrons. The van der Waals surface area contributed by atoms with Gasteiger partial charge in [-0.15, -0.1) is 0 Å². The largest absolute Gasteiger partial charge is 0.354 e. The smallest absolute Gasteiger partial charge is 0.330 e. The van der Waals surface area contributed by atoms with Gasteiger partial charge in [-0.2, -0.15) is 10.5 Å². The van der Waals surface area contributed by atoms with Gasteiger partial charge in [0.1, 0.15) is 29.4 Å². The van der Waals surface area contributed by atoms with Crippen molar-refractivity contribution < 1.29 is 0 Å². The molecule has 1 aliphatic carbocycles. The maximum atomic E-state index is 14.6. The Kier molecular flexibility index (Phi) is 8.69. The van der Waals surface area contributed by atoms with Crippen LogP contribution in [0.4, 0.5) is 11.6 Å². The molecule has 13 nitrogen and oxygen atoms in total. The summed E-state index contributed by atoms with van der Waals surface area (Å²) in [5, 5.41) is 19.3. The van der Waals surface area contributed by atoms with Crippen LogP contribution in [0.3, 0.4) is 0 Å². The van der Waals surface area contributed by atoms with Crippen LogP contribution in [0.5, 0.6) is 0 Å². The number of aromatic nitrogens is 6. The first-order chi connectivity index (χ1) is 24.5. The number of hydrogen-bond acceptors (Lipinski definition) is 10. The average Bonchev–Trinajstić information content (AvgIpc) is 3.70. The highest BCUT2D eigenvalue weighted by molar-refractivity contribution is 6.03. The van der Waals surface area contributed by atoms with Gasteiger partial charge >= 0.3 is 5.69 Å². The predicted octanol–water partition coefficient (Wildman–Crippen LogP) is 4.07. The Morgan fingerprint density at radius 2 is 1.42 bits per heavy atom. The molecule has 2 saturated heterocycles. The van der Waals surface area contributed by atoms with E-state index in [1.807, 2.05) is 35.0 Å². The zero-order chi connectivity index (χ0) is 34.2. The molecular weight excluding hydrogens is 628 g/mol. The quantitative estimate of drug-likeness (QED) is 0.269. The van der Waals surface area contributed by atoms with Crippen molar-refractivity contribution in [2.75, 3.05) is 62.2 Å². The number of anilines is 2. The van der Waals surface area contributed by atoms with E-state index in [-0.39, 0.29) is 11.7 Å². The molecular formula is C37H42N12O. The summed E-state index contributed by atoms with van der Waals surface area (Å²) in [5.41, 5.74) is 5.08. The Labute approximate surface area is 291 Å². The Hall–Kier alpha value is -5.24. The van der Waals surface area contributed by atoms with Crippen LogP contribution >= 0.6 is 0 Å². The molecule has 50 heavy (non-hydrogen) atoms. The van der Waals surface area contributed by atoms with Gasteiger partial charge < -0.3 is 14.8 Å². The fraction of sp³-hybridized carbons (Fsp3) is 0.459. The van der Waals surface area contributed by atoms with Crippen molar-refractivity contribution in [3.8, 4) is 12.1 Å². The number of rotatable bonds is 7. The lowest BCUT2D eigenvalue weighted by Gasteiger charge is -2.35. The van der Waals surface area contributed by atoms with Crippen molar-refractivity contribution in [1.82, 2.24) is 38.9 Å². The van der Waals surface area contributed by atoms with Crippen molar-refractivity contribution in [2.45, 2.75) is 51.9 Å². The molecule has 13 heteroatoms. The van der Waals surface area contributed by atoms with Crippen LogP contribution in [-0.4, -0.2) is 91.2 Å². The second kappa shape index (κ2) is 13.6. The van der Waals surface area contributed by atoms with Gasteiger partial charge in [-0.3, -0.25) is 18.9 Å². The lowest BCUT2D eigenvalue weighted by Crippen LogP contribution is -2.48. The summed E-state index contributed by atoms with van der Waals surface area (Å²) in [7, 11) is 0. The van der Waals surface area contributed by atoms with Gasteiger partial charge in [0.25, 0.3) is 0 Å². The molecule has 3 aliphatic rings. The van der Waals surface area contributed by atoms with E-state index < -0.39 is 0 Å². The molecule has 0 amide bonds. The molecule has 1 N–H and O–H groups in total. The van der Waals surface area contributed by atoms with E-state index in [1.54, 1.807) is 12.4 Å². The molecule has 5 aromatic rings. The molecule has 8 rings (SSSR count). The maximum absolute atomic E-state index is 14.6. The third-order valence-electron chi connectivity index (χ3n) is 11.0. The minimum Gasteiger partial charge on any atom is -0.354 e. The maximum Gasteiger partial charge on any atom is 0.330 e. The highest BCUT2D eigenvalue weighted by Gasteiger charge is 2.31. The topological polar surface area (TPSA) is 142 Å². The summed E-state index contributed by atoms with van der Waals surface area (Å²) in [4.78, 5) is 41.3. The van der Waals surface area contributed by atoms with E-state index in [4.69, 9.17) is 15.5 Å². The zero-order valence-corrected chi connectivity index (χ0v) is 28.5. The van der Waals surface area contributed by atoms with Crippen LogP contribution in [0.15, 0.2) is 53.8 Å². The third kappa shape index (κ3) is 5.97. The monoisotopic (exact) mass is 670 g/mol. The van der Waals surface area contributed by atoms with Gasteiger partial charge in [0, 0.05) is 88.9 Å². The molecule has 0 bridgehead atoms. The third-order valence-corrected chi connectivity index (χ3v) is 11.0. The van der Waals surface area contributed by atoms with E-state index in [1.165, 1.54) is 12.0 Å². The number of nitrogens with one attached hydrogen (secondary N) is 1. The molecule has 7 heterocycles. The molecule has 0 unspecified atom stereocenters. The summed E-state index contributed by atoms with van der Waals surface area (Å²) < 4.78 is 4.09. The molecule has 0 aromatic carbocycles. The number of piperazine rings is 2. The first kappa shape index (κ1) is 32.0. The molecule has 3 fully saturated rings. The van der Waals surface area contributed by atoms with Crippen LogP contribution in [0.2, 0.25) is 0 Å². The normalized spacial score (nSPS) is 20.7. The number of H-pyrrole nitrogens is 1. The first-order valence-corrected chi connectivity index (χ1v) is 17.8. The van der Waals surface area contributed by atoms with Crippen LogP contribution < -0.4 is 15.5 Å². The van der Waals surface area contributed by atoms with Crippen LogP contribution in [0, 0.1) is 28.6 Å². The van der Waals surface area contributed by atoms with Crippen molar-refractivity contribution in [1.29, 1.82) is 10.5 Å². The number of fused-ring (bicyclic) bond motifs is 3. The standard InChI is InChI=1S/C37H42N12O/c1-26-4-2-3-5-30(26)49-35-31(48(37(49)50)25-45-12-16-47(17-13-45)33-9-7-28(19-39)21-41-33)23-43-36-34(35)29(22-42-36)24-44-10-14-46(15-11-44)32-8-6-27(18-38)20-40-32/h6-9,20-23,26,30H,2-5,10-17,24-25H2,1H3,(H,42,43)/t26-,30+/m1/s1. The Morgan fingerprint density at radius 1 is 0.800 bits per heavy atom. The fourth-order valence-corrected chi connectivity index (χ4v) is 8.13. The number of hydrogen-bond donors (Lipinski definition) is 1. The minimum atomic E-state index is 0.0555. The SMILES string of the molecule is C[C@@H]1CCCC[C@@H]1n1c(=O)n(CN2CCN(c3ccc(C#N)cn3)CC2)c2cnc3[nH]cc(CN4CCN(c5ccc(C#N)cn5)CC4)c3c21. The van der Waals surface area contributed by atoms with E-state index in [0.717, 1.165) is 112 Å². The number of nitrogens with zero attached hydrogens (tertiary/aromatic N) is 11. The Morgan fingerprint density at radius 3 is 2.00 bits per heavy atom. The number of imidazole rings is 1. The summed E-state index contributed by atoms with van der Waals surface area (Å²) in [6.45, 7) is 10.2. The van der Waals surface area contributed by atoms with Crippen LogP contribution in [-0.2, 0) is 13.2 Å². The Bertz CT molecular complexity index is 2120. The van der Waals surface area contributed by atoms with Crippen LogP contribution in [0.25, 0.3) is 22.1 Å². The minimum absolute atomic E-state index is 0.0555. The molecule has 1 saturated carbocycles. The summed E-state index contributed by atoms with van der Waals surface area (Å²) in [5.74, 6) is 2.20. The van der Waals surface area contributed by atoms with Gasteiger partial charge in [0.05, 0.1) is 35.0 Å². The van der Waals surface area contributed by atoms with E-state index in [9.17, 15) is 4.79 Å². The lowest BCUT2D eigenvalue weighted by atomic mass is 9.85. The lowest BCUT2D eigenvalue weighted by molar-refractivity contribution is 0.201. The average molecular weight is 671 g/mol.